The molecule has 2 aromatic rings. The number of benzene rings is 1. The molecular weight excluding hydrogens is 288 g/mol. The van der Waals surface area contributed by atoms with Gasteiger partial charge in [-0.2, -0.15) is 5.10 Å². The molecule has 0 saturated carbocycles. The van der Waals surface area contributed by atoms with Crippen LogP contribution in [0.2, 0.25) is 5.02 Å². The molecule has 21 heavy (non-hydrogen) atoms. The standard InChI is InChI=1S/C15H21ClN4O/c1-3-7-17-9-12-5-6-14(13(16)8-12)21-10-15-18-11-19-20(15)4-2/h5-6,8,11,17H,3-4,7,9-10H2,1-2H3. The summed E-state index contributed by atoms with van der Waals surface area (Å²) in [7, 11) is 0. The molecule has 0 spiro atoms. The van der Waals surface area contributed by atoms with Gasteiger partial charge >= 0.3 is 0 Å². The summed E-state index contributed by atoms with van der Waals surface area (Å²) in [6.45, 7) is 7.12. The van der Waals surface area contributed by atoms with Gasteiger partial charge in [-0.15, -0.1) is 0 Å². The smallest absolute Gasteiger partial charge is 0.164 e. The van der Waals surface area contributed by atoms with E-state index in [0.29, 0.717) is 17.4 Å². The van der Waals surface area contributed by atoms with Crippen LogP contribution in [0.15, 0.2) is 24.5 Å². The number of nitrogens with one attached hydrogen (secondary N) is 1. The van der Waals surface area contributed by atoms with Crippen LogP contribution in [0.1, 0.15) is 31.7 Å². The van der Waals surface area contributed by atoms with E-state index in [1.807, 2.05) is 25.1 Å². The fourth-order valence-corrected chi connectivity index (χ4v) is 2.24. The predicted molar refractivity (Wildman–Crippen MR) is 83.5 cm³/mol. The molecule has 5 nitrogen and oxygen atoms in total. The average molecular weight is 309 g/mol. The molecule has 0 aliphatic heterocycles. The van der Waals surface area contributed by atoms with Crippen LogP contribution in [-0.2, 0) is 19.7 Å². The third kappa shape index (κ3) is 4.44. The molecule has 0 bridgehead atoms. The van der Waals surface area contributed by atoms with Gasteiger partial charge in [-0.3, -0.25) is 0 Å². The zero-order chi connectivity index (χ0) is 15.1. The number of rotatable bonds is 8. The Morgan fingerprint density at radius 2 is 2.19 bits per heavy atom. The second-order valence-electron chi connectivity index (χ2n) is 4.72. The lowest BCUT2D eigenvalue weighted by Crippen LogP contribution is -2.13. The highest BCUT2D eigenvalue weighted by Crippen LogP contribution is 2.26. The van der Waals surface area contributed by atoms with E-state index in [1.54, 1.807) is 4.68 Å². The van der Waals surface area contributed by atoms with Crippen molar-refractivity contribution < 1.29 is 4.74 Å². The van der Waals surface area contributed by atoms with Gasteiger partial charge in [0.1, 0.15) is 18.7 Å². The highest BCUT2D eigenvalue weighted by atomic mass is 35.5. The zero-order valence-corrected chi connectivity index (χ0v) is 13.2. The second-order valence-corrected chi connectivity index (χ2v) is 5.13. The molecule has 1 aromatic carbocycles. The van der Waals surface area contributed by atoms with E-state index in [9.17, 15) is 0 Å². The Hall–Kier alpha value is -1.59. The van der Waals surface area contributed by atoms with Gasteiger partial charge in [-0.25, -0.2) is 9.67 Å². The van der Waals surface area contributed by atoms with Gasteiger partial charge in [0.05, 0.1) is 5.02 Å². The molecule has 1 aromatic heterocycles. The molecule has 6 heteroatoms. The normalized spacial score (nSPS) is 10.8. The molecule has 0 atom stereocenters. The maximum Gasteiger partial charge on any atom is 0.164 e. The van der Waals surface area contributed by atoms with Crippen LogP contribution < -0.4 is 10.1 Å². The van der Waals surface area contributed by atoms with Crippen LogP contribution in [0.3, 0.4) is 0 Å². The molecule has 0 radical (unpaired) electrons. The SMILES string of the molecule is CCCNCc1ccc(OCc2ncnn2CC)c(Cl)c1. The van der Waals surface area contributed by atoms with Gasteiger partial charge in [0.2, 0.25) is 0 Å². The first-order valence-corrected chi connectivity index (χ1v) is 7.61. The fourth-order valence-electron chi connectivity index (χ4n) is 1.99. The second kappa shape index (κ2) is 8.00. The molecule has 1 N–H and O–H groups in total. The lowest BCUT2D eigenvalue weighted by atomic mass is 10.2. The zero-order valence-electron chi connectivity index (χ0n) is 12.5. The summed E-state index contributed by atoms with van der Waals surface area (Å²) in [5.74, 6) is 1.46. The lowest BCUT2D eigenvalue weighted by molar-refractivity contribution is 0.287. The Kier molecular flexibility index (Phi) is 6.02. The monoisotopic (exact) mass is 308 g/mol. The number of halogens is 1. The summed E-state index contributed by atoms with van der Waals surface area (Å²) < 4.78 is 7.53. The molecule has 0 aliphatic carbocycles. The van der Waals surface area contributed by atoms with Crippen molar-refractivity contribution >= 4 is 11.6 Å². The van der Waals surface area contributed by atoms with Crippen molar-refractivity contribution in [1.82, 2.24) is 20.1 Å². The molecule has 0 fully saturated rings. The Balaban J connectivity index is 1.94. The van der Waals surface area contributed by atoms with Crippen LogP contribution in [0.4, 0.5) is 0 Å². The minimum atomic E-state index is 0.362. The minimum absolute atomic E-state index is 0.362. The first kappa shape index (κ1) is 15.8. The Bertz CT molecular complexity index is 571. The van der Waals surface area contributed by atoms with Gasteiger partial charge in [-0.05, 0) is 37.6 Å². The van der Waals surface area contributed by atoms with Gasteiger partial charge in [0.25, 0.3) is 0 Å². The van der Waals surface area contributed by atoms with Crippen molar-refractivity contribution in [3.63, 3.8) is 0 Å². The van der Waals surface area contributed by atoms with Crippen molar-refractivity contribution in [2.75, 3.05) is 6.54 Å². The number of hydrogen-bond acceptors (Lipinski definition) is 4. The van der Waals surface area contributed by atoms with E-state index in [1.165, 1.54) is 6.33 Å². The fraction of sp³-hybridized carbons (Fsp3) is 0.467. The average Bonchev–Trinajstić information content (AvgIpc) is 2.94. The largest absolute Gasteiger partial charge is 0.484 e. The lowest BCUT2D eigenvalue weighted by Gasteiger charge is -2.10. The Labute approximate surface area is 130 Å². The highest BCUT2D eigenvalue weighted by molar-refractivity contribution is 6.32. The van der Waals surface area contributed by atoms with Gasteiger partial charge in [-0.1, -0.05) is 24.6 Å². The Morgan fingerprint density at radius 3 is 2.90 bits per heavy atom. The number of hydrogen-bond donors (Lipinski definition) is 1. The Morgan fingerprint density at radius 1 is 1.33 bits per heavy atom. The van der Waals surface area contributed by atoms with E-state index >= 15 is 0 Å². The van der Waals surface area contributed by atoms with Crippen LogP contribution in [0.5, 0.6) is 5.75 Å². The van der Waals surface area contributed by atoms with Crippen LogP contribution in [-0.4, -0.2) is 21.3 Å². The molecule has 1 heterocycles. The van der Waals surface area contributed by atoms with Gasteiger partial charge < -0.3 is 10.1 Å². The predicted octanol–water partition coefficient (Wildman–Crippen LogP) is 3.03. The number of aromatic nitrogens is 3. The first-order valence-electron chi connectivity index (χ1n) is 7.23. The summed E-state index contributed by atoms with van der Waals surface area (Å²) in [6, 6.07) is 5.86. The van der Waals surface area contributed by atoms with Gasteiger partial charge in [0.15, 0.2) is 5.82 Å². The van der Waals surface area contributed by atoms with Gasteiger partial charge in [0, 0.05) is 13.1 Å². The van der Waals surface area contributed by atoms with Crippen LogP contribution in [0.25, 0.3) is 0 Å². The molecule has 0 amide bonds. The molecule has 0 saturated heterocycles. The number of ether oxygens (including phenoxy) is 1. The van der Waals surface area contributed by atoms with Crippen LogP contribution in [0, 0.1) is 0 Å². The highest BCUT2D eigenvalue weighted by Gasteiger charge is 2.07. The van der Waals surface area contributed by atoms with Crippen molar-refractivity contribution in [3.8, 4) is 5.75 Å². The van der Waals surface area contributed by atoms with E-state index < -0.39 is 0 Å². The maximum atomic E-state index is 6.26. The van der Waals surface area contributed by atoms with Crippen molar-refractivity contribution in [2.45, 2.75) is 40.0 Å². The summed E-state index contributed by atoms with van der Waals surface area (Å²) in [5.41, 5.74) is 1.15. The van der Waals surface area contributed by atoms with E-state index in [0.717, 1.165) is 37.4 Å². The molecule has 2 rings (SSSR count). The number of nitrogens with zero attached hydrogens (tertiary/aromatic N) is 3. The van der Waals surface area contributed by atoms with Crippen molar-refractivity contribution in [3.05, 3.63) is 40.9 Å². The van der Waals surface area contributed by atoms with E-state index in [2.05, 4.69) is 22.3 Å². The molecule has 0 unspecified atom stereocenters. The van der Waals surface area contributed by atoms with Crippen molar-refractivity contribution in [2.24, 2.45) is 0 Å². The third-order valence-electron chi connectivity index (χ3n) is 3.10. The summed E-state index contributed by atoms with van der Waals surface area (Å²) in [6.07, 6.45) is 2.65. The third-order valence-corrected chi connectivity index (χ3v) is 3.40. The summed E-state index contributed by atoms with van der Waals surface area (Å²) in [4.78, 5) is 4.17. The molecule has 114 valence electrons. The molecular formula is C15H21ClN4O. The summed E-state index contributed by atoms with van der Waals surface area (Å²) >= 11 is 6.26. The molecule has 0 aliphatic rings. The maximum absolute atomic E-state index is 6.26. The number of aryl methyl sites for hydroxylation is 1. The van der Waals surface area contributed by atoms with E-state index in [4.69, 9.17) is 16.3 Å². The van der Waals surface area contributed by atoms with Crippen LogP contribution >= 0.6 is 11.6 Å². The summed E-state index contributed by atoms with van der Waals surface area (Å²) in [5, 5.41) is 8.07. The van der Waals surface area contributed by atoms with E-state index in [-0.39, 0.29) is 0 Å². The first-order chi connectivity index (χ1) is 10.2. The minimum Gasteiger partial charge on any atom is -0.484 e. The topological polar surface area (TPSA) is 52.0 Å². The quantitative estimate of drug-likeness (QED) is 0.762. The van der Waals surface area contributed by atoms with Crippen molar-refractivity contribution in [1.29, 1.82) is 0 Å².